The molecule has 2 N–H and O–H groups in total. The van der Waals surface area contributed by atoms with E-state index >= 15 is 0 Å². The Morgan fingerprint density at radius 1 is 1.53 bits per heavy atom. The SMILES string of the molecule is COc1ccc(C2(O)CC(C(=O)O)C2)cc1F. The third-order valence-corrected chi connectivity index (χ3v) is 3.21. The lowest BCUT2D eigenvalue weighted by molar-refractivity contribution is -0.159. The van der Waals surface area contributed by atoms with Crippen molar-refractivity contribution in [3.8, 4) is 5.75 Å². The summed E-state index contributed by atoms with van der Waals surface area (Å²) < 4.78 is 18.2. The van der Waals surface area contributed by atoms with E-state index in [1.54, 1.807) is 6.07 Å². The van der Waals surface area contributed by atoms with Gasteiger partial charge >= 0.3 is 5.97 Å². The van der Waals surface area contributed by atoms with Crippen molar-refractivity contribution in [1.29, 1.82) is 0 Å². The van der Waals surface area contributed by atoms with Gasteiger partial charge < -0.3 is 14.9 Å². The molecule has 1 aromatic rings. The average molecular weight is 240 g/mol. The van der Waals surface area contributed by atoms with Gasteiger partial charge in [0.2, 0.25) is 0 Å². The van der Waals surface area contributed by atoms with Gasteiger partial charge in [-0.05, 0) is 30.5 Å². The molecule has 0 aromatic heterocycles. The Morgan fingerprint density at radius 2 is 2.18 bits per heavy atom. The van der Waals surface area contributed by atoms with Gasteiger partial charge in [0, 0.05) is 0 Å². The second kappa shape index (κ2) is 4.00. The number of ether oxygens (including phenoxy) is 1. The van der Waals surface area contributed by atoms with Crippen LogP contribution in [0.15, 0.2) is 18.2 Å². The minimum atomic E-state index is -1.23. The molecule has 1 aliphatic rings. The van der Waals surface area contributed by atoms with Crippen molar-refractivity contribution in [2.24, 2.45) is 5.92 Å². The number of hydrogen-bond donors (Lipinski definition) is 2. The van der Waals surface area contributed by atoms with E-state index in [-0.39, 0.29) is 18.6 Å². The average Bonchev–Trinajstić information content (AvgIpc) is 2.24. The highest BCUT2D eigenvalue weighted by Crippen LogP contribution is 2.46. The highest BCUT2D eigenvalue weighted by Gasteiger charge is 2.47. The maximum Gasteiger partial charge on any atom is 0.306 e. The molecule has 5 heteroatoms. The maximum atomic E-state index is 13.4. The topological polar surface area (TPSA) is 66.8 Å². The van der Waals surface area contributed by atoms with Gasteiger partial charge in [-0.1, -0.05) is 6.07 Å². The lowest BCUT2D eigenvalue weighted by Gasteiger charge is -2.41. The highest BCUT2D eigenvalue weighted by molar-refractivity contribution is 5.71. The van der Waals surface area contributed by atoms with Crippen LogP contribution in [0.5, 0.6) is 5.75 Å². The molecule has 1 saturated carbocycles. The van der Waals surface area contributed by atoms with Gasteiger partial charge in [0.1, 0.15) is 0 Å². The molecule has 1 aliphatic carbocycles. The predicted octanol–water partition coefficient (Wildman–Crippen LogP) is 1.52. The molecule has 0 heterocycles. The maximum absolute atomic E-state index is 13.4. The van der Waals surface area contributed by atoms with Crippen molar-refractivity contribution >= 4 is 5.97 Å². The first kappa shape index (κ1) is 11.9. The van der Waals surface area contributed by atoms with Crippen molar-refractivity contribution in [2.45, 2.75) is 18.4 Å². The second-order valence-corrected chi connectivity index (χ2v) is 4.32. The number of carboxylic acids is 1. The molecule has 2 rings (SSSR count). The molecule has 0 unspecified atom stereocenters. The number of methoxy groups -OCH3 is 1. The van der Waals surface area contributed by atoms with E-state index < -0.39 is 23.3 Å². The second-order valence-electron chi connectivity index (χ2n) is 4.32. The van der Waals surface area contributed by atoms with Gasteiger partial charge in [0.25, 0.3) is 0 Å². The fourth-order valence-corrected chi connectivity index (χ4v) is 2.12. The summed E-state index contributed by atoms with van der Waals surface area (Å²) in [7, 11) is 1.36. The van der Waals surface area contributed by atoms with Crippen LogP contribution in [0.4, 0.5) is 4.39 Å². The first-order chi connectivity index (χ1) is 7.96. The van der Waals surface area contributed by atoms with E-state index in [0.29, 0.717) is 5.56 Å². The molecule has 0 bridgehead atoms. The minimum Gasteiger partial charge on any atom is -0.494 e. The van der Waals surface area contributed by atoms with Crippen LogP contribution < -0.4 is 4.74 Å². The first-order valence-corrected chi connectivity index (χ1v) is 5.25. The van der Waals surface area contributed by atoms with Gasteiger partial charge in [0.15, 0.2) is 11.6 Å². The number of carbonyl (C=O) groups is 1. The normalized spacial score (nSPS) is 27.4. The largest absolute Gasteiger partial charge is 0.494 e. The molecule has 92 valence electrons. The molecular formula is C12H13FO4. The number of carboxylic acid groups (broad SMARTS) is 1. The molecule has 17 heavy (non-hydrogen) atoms. The van der Waals surface area contributed by atoms with Crippen LogP contribution in [-0.4, -0.2) is 23.3 Å². The summed E-state index contributed by atoms with van der Waals surface area (Å²) in [4.78, 5) is 10.7. The lowest BCUT2D eigenvalue weighted by Crippen LogP contribution is -2.44. The van der Waals surface area contributed by atoms with Crippen LogP contribution in [0.1, 0.15) is 18.4 Å². The molecule has 0 saturated heterocycles. The van der Waals surface area contributed by atoms with Gasteiger partial charge in [-0.15, -0.1) is 0 Å². The van der Waals surface area contributed by atoms with Crippen LogP contribution >= 0.6 is 0 Å². The standard InChI is InChI=1S/C12H13FO4/c1-17-10-3-2-8(4-9(10)13)12(16)5-7(6-12)11(14)15/h2-4,7,16H,5-6H2,1H3,(H,14,15). The van der Waals surface area contributed by atoms with Crippen LogP contribution in [0, 0.1) is 11.7 Å². The van der Waals surface area contributed by atoms with Crippen LogP contribution in [0.2, 0.25) is 0 Å². The van der Waals surface area contributed by atoms with Crippen molar-refractivity contribution in [3.63, 3.8) is 0 Å². The first-order valence-electron chi connectivity index (χ1n) is 5.25. The minimum absolute atomic E-state index is 0.103. The Balaban J connectivity index is 2.19. The summed E-state index contributed by atoms with van der Waals surface area (Å²) in [6, 6.07) is 4.17. The van der Waals surface area contributed by atoms with Crippen LogP contribution in [0.3, 0.4) is 0 Å². The van der Waals surface area contributed by atoms with Gasteiger partial charge in [-0.2, -0.15) is 0 Å². The number of aliphatic hydroxyl groups is 1. The highest BCUT2D eigenvalue weighted by atomic mass is 19.1. The summed E-state index contributed by atoms with van der Waals surface area (Å²) in [5.74, 6) is -1.93. The van der Waals surface area contributed by atoms with Gasteiger partial charge in [-0.25, -0.2) is 4.39 Å². The molecule has 4 nitrogen and oxygen atoms in total. The molecule has 0 aliphatic heterocycles. The number of aliphatic carboxylic acids is 1. The molecule has 0 spiro atoms. The van der Waals surface area contributed by atoms with E-state index in [4.69, 9.17) is 9.84 Å². The third-order valence-electron chi connectivity index (χ3n) is 3.21. The Kier molecular flexibility index (Phi) is 2.79. The quantitative estimate of drug-likeness (QED) is 0.840. The van der Waals surface area contributed by atoms with E-state index in [0.717, 1.165) is 0 Å². The van der Waals surface area contributed by atoms with E-state index in [2.05, 4.69) is 0 Å². The van der Waals surface area contributed by atoms with Gasteiger partial charge in [-0.3, -0.25) is 4.79 Å². The lowest BCUT2D eigenvalue weighted by atomic mass is 9.67. The zero-order valence-corrected chi connectivity index (χ0v) is 9.31. The Hall–Kier alpha value is -1.62. The number of benzene rings is 1. The van der Waals surface area contributed by atoms with Gasteiger partial charge in [0.05, 0.1) is 18.6 Å². The fraction of sp³-hybridized carbons (Fsp3) is 0.417. The zero-order chi connectivity index (χ0) is 12.6. The molecule has 0 amide bonds. The van der Waals surface area contributed by atoms with Crippen molar-refractivity contribution in [3.05, 3.63) is 29.6 Å². The van der Waals surface area contributed by atoms with Crippen molar-refractivity contribution < 1.29 is 24.1 Å². The summed E-state index contributed by atoms with van der Waals surface area (Å²) in [6.45, 7) is 0. The smallest absolute Gasteiger partial charge is 0.306 e. The number of rotatable bonds is 3. The predicted molar refractivity (Wildman–Crippen MR) is 57.2 cm³/mol. The van der Waals surface area contributed by atoms with Crippen molar-refractivity contribution in [2.75, 3.05) is 7.11 Å². The number of hydrogen-bond acceptors (Lipinski definition) is 3. The van der Waals surface area contributed by atoms with Crippen LogP contribution in [-0.2, 0) is 10.4 Å². The van der Waals surface area contributed by atoms with Crippen molar-refractivity contribution in [1.82, 2.24) is 0 Å². The monoisotopic (exact) mass is 240 g/mol. The molecule has 1 fully saturated rings. The Morgan fingerprint density at radius 3 is 2.65 bits per heavy atom. The Bertz CT molecular complexity index is 452. The zero-order valence-electron chi connectivity index (χ0n) is 9.31. The molecule has 0 radical (unpaired) electrons. The third kappa shape index (κ3) is 1.98. The summed E-state index contributed by atoms with van der Waals surface area (Å²) in [5, 5.41) is 18.9. The molecular weight excluding hydrogens is 227 g/mol. The molecule has 0 atom stereocenters. The summed E-state index contributed by atoms with van der Waals surface area (Å²) in [5.41, 5.74) is -0.829. The number of halogens is 1. The summed E-state index contributed by atoms with van der Waals surface area (Å²) >= 11 is 0. The van der Waals surface area contributed by atoms with E-state index in [1.807, 2.05) is 0 Å². The van der Waals surface area contributed by atoms with Crippen LogP contribution in [0.25, 0.3) is 0 Å². The molecule has 1 aromatic carbocycles. The Labute approximate surface area is 97.6 Å². The summed E-state index contributed by atoms with van der Waals surface area (Å²) in [6.07, 6.45) is 0.238. The van der Waals surface area contributed by atoms with E-state index in [1.165, 1.54) is 19.2 Å². The van der Waals surface area contributed by atoms with E-state index in [9.17, 15) is 14.3 Å². The fourth-order valence-electron chi connectivity index (χ4n) is 2.12.